The molecule has 7 nitrogen and oxygen atoms in total. The SMILES string of the molecule is C[C@@H]1CN(C(=O)c2cc([N+](=O)[O-])ccc2I)C[C@H]1C(=O)O. The highest BCUT2D eigenvalue weighted by Gasteiger charge is 2.37. The molecule has 1 amide bonds. The minimum atomic E-state index is -0.925. The highest BCUT2D eigenvalue weighted by Crippen LogP contribution is 2.27. The lowest BCUT2D eigenvalue weighted by molar-refractivity contribution is -0.384. The van der Waals surface area contributed by atoms with Crippen molar-refractivity contribution >= 4 is 40.2 Å². The summed E-state index contributed by atoms with van der Waals surface area (Å²) in [5.74, 6) is -2.02. The second kappa shape index (κ2) is 5.96. The zero-order valence-electron chi connectivity index (χ0n) is 11.2. The summed E-state index contributed by atoms with van der Waals surface area (Å²) in [5, 5.41) is 19.9. The summed E-state index contributed by atoms with van der Waals surface area (Å²) >= 11 is 1.94. The molecule has 0 bridgehead atoms. The van der Waals surface area contributed by atoms with E-state index in [0.717, 1.165) is 0 Å². The normalized spacial score (nSPS) is 21.3. The number of nitro benzene ring substituents is 1. The topological polar surface area (TPSA) is 101 Å². The molecular weight excluding hydrogens is 391 g/mol. The number of hydrogen-bond acceptors (Lipinski definition) is 4. The lowest BCUT2D eigenvalue weighted by atomic mass is 9.99. The van der Waals surface area contributed by atoms with Crippen LogP contribution in [-0.2, 0) is 4.79 Å². The van der Waals surface area contributed by atoms with Crippen LogP contribution in [-0.4, -0.2) is 39.9 Å². The fraction of sp³-hybridized carbons (Fsp3) is 0.385. The number of non-ortho nitro benzene ring substituents is 1. The molecule has 1 N–H and O–H groups in total. The first kappa shape index (κ1) is 15.7. The van der Waals surface area contributed by atoms with Crippen molar-refractivity contribution in [3.8, 4) is 0 Å². The van der Waals surface area contributed by atoms with E-state index in [1.807, 2.05) is 22.6 Å². The third-order valence-electron chi connectivity index (χ3n) is 3.61. The molecule has 1 heterocycles. The zero-order valence-corrected chi connectivity index (χ0v) is 13.3. The van der Waals surface area contributed by atoms with Gasteiger partial charge in [0.25, 0.3) is 11.6 Å². The largest absolute Gasteiger partial charge is 0.481 e. The van der Waals surface area contributed by atoms with Crippen molar-refractivity contribution in [2.24, 2.45) is 11.8 Å². The Bertz CT molecular complexity index is 619. The van der Waals surface area contributed by atoms with Crippen molar-refractivity contribution in [1.82, 2.24) is 4.90 Å². The van der Waals surface area contributed by atoms with Crippen LogP contribution in [0.25, 0.3) is 0 Å². The summed E-state index contributed by atoms with van der Waals surface area (Å²) in [4.78, 5) is 35.3. The van der Waals surface area contributed by atoms with Gasteiger partial charge in [0, 0.05) is 28.8 Å². The summed E-state index contributed by atoms with van der Waals surface area (Å²) in [6.45, 7) is 2.26. The maximum atomic E-state index is 12.5. The number of amides is 1. The van der Waals surface area contributed by atoms with Gasteiger partial charge in [-0.3, -0.25) is 19.7 Å². The molecule has 0 spiro atoms. The van der Waals surface area contributed by atoms with E-state index in [1.165, 1.54) is 23.1 Å². The molecule has 0 radical (unpaired) electrons. The van der Waals surface area contributed by atoms with Crippen LogP contribution in [0.15, 0.2) is 18.2 Å². The molecule has 1 aliphatic heterocycles. The van der Waals surface area contributed by atoms with E-state index in [-0.39, 0.29) is 29.6 Å². The number of halogens is 1. The monoisotopic (exact) mass is 404 g/mol. The number of aliphatic carboxylic acids is 1. The van der Waals surface area contributed by atoms with Gasteiger partial charge in [0.1, 0.15) is 0 Å². The smallest absolute Gasteiger partial charge is 0.308 e. The first-order chi connectivity index (χ1) is 9.81. The van der Waals surface area contributed by atoms with Crippen molar-refractivity contribution < 1.29 is 19.6 Å². The van der Waals surface area contributed by atoms with E-state index < -0.39 is 16.8 Å². The lowest BCUT2D eigenvalue weighted by Gasteiger charge is -2.16. The number of carboxylic acid groups (broad SMARTS) is 1. The molecular formula is C13H13IN2O5. The van der Waals surface area contributed by atoms with E-state index in [1.54, 1.807) is 6.92 Å². The minimum absolute atomic E-state index is 0.133. The zero-order chi connectivity index (χ0) is 15.7. The Hall–Kier alpha value is -1.71. The molecule has 2 atom stereocenters. The van der Waals surface area contributed by atoms with Crippen molar-refractivity contribution in [3.63, 3.8) is 0 Å². The standard InChI is InChI=1S/C13H13IN2O5/c1-7-5-15(6-10(7)13(18)19)12(17)9-4-8(16(20)21)2-3-11(9)14/h2-4,7,10H,5-6H2,1H3,(H,18,19)/t7-,10-/m1/s1. The number of carbonyl (C=O) groups excluding carboxylic acids is 1. The number of carbonyl (C=O) groups is 2. The van der Waals surface area contributed by atoms with Crippen molar-refractivity contribution in [2.75, 3.05) is 13.1 Å². The Balaban J connectivity index is 2.27. The van der Waals surface area contributed by atoms with Crippen LogP contribution in [0.1, 0.15) is 17.3 Å². The highest BCUT2D eigenvalue weighted by molar-refractivity contribution is 14.1. The number of likely N-dealkylation sites (tertiary alicyclic amines) is 1. The summed E-state index contributed by atoms with van der Waals surface area (Å²) in [6, 6.07) is 4.09. The number of benzene rings is 1. The highest BCUT2D eigenvalue weighted by atomic mass is 127. The molecule has 1 aromatic carbocycles. The molecule has 8 heteroatoms. The average Bonchev–Trinajstić information content (AvgIpc) is 2.80. The van der Waals surface area contributed by atoms with Gasteiger partial charge in [-0.25, -0.2) is 0 Å². The fourth-order valence-electron chi connectivity index (χ4n) is 2.42. The lowest BCUT2D eigenvalue weighted by Crippen LogP contribution is -2.30. The van der Waals surface area contributed by atoms with Gasteiger partial charge < -0.3 is 10.0 Å². The van der Waals surface area contributed by atoms with Crippen LogP contribution >= 0.6 is 22.6 Å². The number of rotatable bonds is 3. The number of nitrogens with zero attached hydrogens (tertiary/aromatic N) is 2. The van der Waals surface area contributed by atoms with Gasteiger partial charge in [0.2, 0.25) is 0 Å². The average molecular weight is 404 g/mol. The van der Waals surface area contributed by atoms with Gasteiger partial charge in [-0.1, -0.05) is 6.92 Å². The van der Waals surface area contributed by atoms with E-state index in [0.29, 0.717) is 10.1 Å². The maximum Gasteiger partial charge on any atom is 0.308 e. The van der Waals surface area contributed by atoms with Crippen LogP contribution in [0.5, 0.6) is 0 Å². The van der Waals surface area contributed by atoms with E-state index in [4.69, 9.17) is 5.11 Å². The molecule has 1 fully saturated rings. The molecule has 0 unspecified atom stereocenters. The Morgan fingerprint density at radius 1 is 1.43 bits per heavy atom. The number of nitro groups is 1. The third kappa shape index (κ3) is 3.14. The van der Waals surface area contributed by atoms with E-state index >= 15 is 0 Å². The van der Waals surface area contributed by atoms with Crippen molar-refractivity contribution in [2.45, 2.75) is 6.92 Å². The van der Waals surface area contributed by atoms with E-state index in [2.05, 4.69) is 0 Å². The molecule has 2 rings (SSSR count). The summed E-state index contributed by atoms with van der Waals surface area (Å²) in [5.41, 5.74) is 0.0869. The van der Waals surface area contributed by atoms with Gasteiger partial charge in [-0.05, 0) is 34.6 Å². The van der Waals surface area contributed by atoms with Crippen molar-refractivity contribution in [3.05, 3.63) is 37.4 Å². The van der Waals surface area contributed by atoms with Gasteiger partial charge in [0.05, 0.1) is 16.4 Å². The number of carboxylic acids is 1. The van der Waals surface area contributed by atoms with Crippen LogP contribution in [0, 0.1) is 25.5 Å². The second-order valence-corrected chi connectivity index (χ2v) is 6.22. The Morgan fingerprint density at radius 3 is 2.62 bits per heavy atom. The molecule has 0 saturated carbocycles. The molecule has 21 heavy (non-hydrogen) atoms. The van der Waals surface area contributed by atoms with Crippen LogP contribution in [0.3, 0.4) is 0 Å². The van der Waals surface area contributed by atoms with E-state index in [9.17, 15) is 19.7 Å². The van der Waals surface area contributed by atoms with Crippen LogP contribution in [0.4, 0.5) is 5.69 Å². The molecule has 0 aromatic heterocycles. The fourth-order valence-corrected chi connectivity index (χ4v) is 2.98. The summed E-state index contributed by atoms with van der Waals surface area (Å²) in [6.07, 6.45) is 0. The van der Waals surface area contributed by atoms with Gasteiger partial charge in [-0.15, -0.1) is 0 Å². The van der Waals surface area contributed by atoms with Crippen LogP contribution < -0.4 is 0 Å². The van der Waals surface area contributed by atoms with Gasteiger partial charge in [0.15, 0.2) is 0 Å². The third-order valence-corrected chi connectivity index (χ3v) is 4.55. The minimum Gasteiger partial charge on any atom is -0.481 e. The predicted molar refractivity (Wildman–Crippen MR) is 82.0 cm³/mol. The summed E-state index contributed by atoms with van der Waals surface area (Å²) in [7, 11) is 0. The van der Waals surface area contributed by atoms with Gasteiger partial charge in [-0.2, -0.15) is 0 Å². The first-order valence-electron chi connectivity index (χ1n) is 6.27. The molecule has 112 valence electrons. The predicted octanol–water partition coefficient (Wildman–Crippen LogP) is 1.99. The molecule has 1 saturated heterocycles. The second-order valence-electron chi connectivity index (χ2n) is 5.05. The molecule has 1 aromatic rings. The molecule has 0 aliphatic carbocycles. The van der Waals surface area contributed by atoms with Crippen LogP contribution in [0.2, 0.25) is 0 Å². The maximum absolute atomic E-state index is 12.5. The molecule has 1 aliphatic rings. The quantitative estimate of drug-likeness (QED) is 0.472. The Morgan fingerprint density at radius 2 is 2.10 bits per heavy atom. The Kier molecular flexibility index (Phi) is 4.45. The Labute approximate surface area is 134 Å². The van der Waals surface area contributed by atoms with Gasteiger partial charge >= 0.3 is 5.97 Å². The number of hydrogen-bond donors (Lipinski definition) is 1. The first-order valence-corrected chi connectivity index (χ1v) is 7.35. The van der Waals surface area contributed by atoms with Crippen molar-refractivity contribution in [1.29, 1.82) is 0 Å². The summed E-state index contributed by atoms with van der Waals surface area (Å²) < 4.78 is 0.606.